The fourth-order valence-corrected chi connectivity index (χ4v) is 6.95. The van der Waals surface area contributed by atoms with Crippen LogP contribution < -0.4 is 4.74 Å². The van der Waals surface area contributed by atoms with Crippen molar-refractivity contribution in [3.8, 4) is 34.1 Å². The first kappa shape index (κ1) is 36.3. The van der Waals surface area contributed by atoms with Gasteiger partial charge >= 0.3 is 21.1 Å². The van der Waals surface area contributed by atoms with Crippen LogP contribution in [0.1, 0.15) is 62.8 Å². The molecule has 0 spiro atoms. The SMILES string of the molecule is Cc1cc(C)c(CCC(C)C)c(-c2cnn(-c3[c-]c(Oc4[c-]c5c(cc4)c4ccccc4n5-c4cc(F)ccn4)ccc3)c2)c1CCC(C)C.[Pt+2]. The molecule has 3 aromatic heterocycles. The number of aromatic nitrogens is 4. The molecule has 0 saturated carbocycles. The molecule has 7 heteroatoms. The summed E-state index contributed by atoms with van der Waals surface area (Å²) in [6.07, 6.45) is 9.98. The van der Waals surface area contributed by atoms with E-state index in [-0.39, 0.29) is 26.9 Å². The average molecular weight is 858 g/mol. The molecule has 5 nitrogen and oxygen atoms in total. The first-order valence-electron chi connectivity index (χ1n) is 17.6. The van der Waals surface area contributed by atoms with Crippen molar-refractivity contribution < 1.29 is 30.2 Å². The number of rotatable bonds is 11. The molecule has 0 aliphatic heterocycles. The zero-order chi connectivity index (χ0) is 34.9. The monoisotopic (exact) mass is 857 g/mol. The zero-order valence-electron chi connectivity index (χ0n) is 30.0. The number of nitrogens with zero attached hydrogens (tertiary/aromatic N) is 4. The van der Waals surface area contributed by atoms with Crippen LogP contribution in [0.2, 0.25) is 0 Å². The summed E-state index contributed by atoms with van der Waals surface area (Å²) < 4.78 is 24.5. The molecule has 0 fully saturated rings. The minimum Gasteiger partial charge on any atom is -0.509 e. The van der Waals surface area contributed by atoms with Crippen molar-refractivity contribution in [2.24, 2.45) is 11.8 Å². The van der Waals surface area contributed by atoms with Crippen LogP contribution in [0.4, 0.5) is 4.39 Å². The maximum atomic E-state index is 14.3. The van der Waals surface area contributed by atoms with E-state index in [1.165, 1.54) is 46.1 Å². The van der Waals surface area contributed by atoms with E-state index < -0.39 is 0 Å². The number of hydrogen-bond acceptors (Lipinski definition) is 3. The molecule has 0 radical (unpaired) electrons. The first-order valence-corrected chi connectivity index (χ1v) is 17.6. The number of halogens is 1. The number of ether oxygens (including phenoxy) is 1. The van der Waals surface area contributed by atoms with E-state index in [9.17, 15) is 4.39 Å². The van der Waals surface area contributed by atoms with E-state index in [1.807, 2.05) is 64.0 Å². The summed E-state index contributed by atoms with van der Waals surface area (Å²) in [4.78, 5) is 4.47. The number of para-hydroxylation sites is 1. The van der Waals surface area contributed by atoms with E-state index in [1.54, 1.807) is 0 Å². The van der Waals surface area contributed by atoms with Gasteiger partial charge in [-0.3, -0.25) is 4.68 Å². The van der Waals surface area contributed by atoms with Gasteiger partial charge in [0.25, 0.3) is 0 Å². The minimum absolute atomic E-state index is 0. The fraction of sp³-hybridized carbons (Fsp3) is 0.273. The maximum absolute atomic E-state index is 14.3. The summed E-state index contributed by atoms with van der Waals surface area (Å²) in [6, 6.07) is 29.8. The predicted molar refractivity (Wildman–Crippen MR) is 201 cm³/mol. The van der Waals surface area contributed by atoms with Crippen LogP contribution in [0.3, 0.4) is 0 Å². The van der Waals surface area contributed by atoms with Gasteiger partial charge in [0.05, 0.1) is 6.20 Å². The Balaban J connectivity index is 0.00000448. The molecule has 0 unspecified atom stereocenters. The summed E-state index contributed by atoms with van der Waals surface area (Å²) in [5, 5.41) is 6.85. The molecule has 0 amide bonds. The predicted octanol–water partition coefficient (Wildman–Crippen LogP) is 11.4. The second-order valence-corrected chi connectivity index (χ2v) is 14.2. The van der Waals surface area contributed by atoms with Gasteiger partial charge < -0.3 is 9.30 Å². The third kappa shape index (κ3) is 7.58. The van der Waals surface area contributed by atoms with Crippen LogP contribution in [0, 0.1) is 43.6 Å². The molecule has 0 aliphatic carbocycles. The van der Waals surface area contributed by atoms with E-state index in [2.05, 4.69) is 77.0 Å². The molecule has 0 bridgehead atoms. The Labute approximate surface area is 314 Å². The van der Waals surface area contributed by atoms with Gasteiger partial charge in [0.15, 0.2) is 0 Å². The van der Waals surface area contributed by atoms with Crippen LogP contribution in [0.5, 0.6) is 11.5 Å². The summed E-state index contributed by atoms with van der Waals surface area (Å²) >= 11 is 0. The van der Waals surface area contributed by atoms with Gasteiger partial charge in [-0.15, -0.1) is 35.7 Å². The van der Waals surface area contributed by atoms with Crippen LogP contribution in [0.25, 0.3) is 44.4 Å². The average Bonchev–Trinajstić information content (AvgIpc) is 3.70. The normalized spacial score (nSPS) is 11.5. The topological polar surface area (TPSA) is 44.9 Å². The van der Waals surface area contributed by atoms with Gasteiger partial charge in [-0.1, -0.05) is 57.5 Å². The molecule has 0 aliphatic rings. The van der Waals surface area contributed by atoms with Crippen LogP contribution >= 0.6 is 0 Å². The summed E-state index contributed by atoms with van der Waals surface area (Å²) in [5.74, 6) is 2.45. The van der Waals surface area contributed by atoms with Crippen molar-refractivity contribution in [1.29, 1.82) is 0 Å². The number of benzene rings is 4. The molecule has 0 atom stereocenters. The zero-order valence-corrected chi connectivity index (χ0v) is 32.3. The molecule has 3 heterocycles. The summed E-state index contributed by atoms with van der Waals surface area (Å²) in [5.41, 5.74) is 10.5. The van der Waals surface area contributed by atoms with E-state index in [0.29, 0.717) is 29.2 Å². The van der Waals surface area contributed by atoms with Gasteiger partial charge in [-0.25, -0.2) is 9.37 Å². The van der Waals surface area contributed by atoms with Crippen molar-refractivity contribution in [2.45, 2.75) is 67.2 Å². The fourth-order valence-electron chi connectivity index (χ4n) is 6.95. The van der Waals surface area contributed by atoms with E-state index in [4.69, 9.17) is 9.84 Å². The van der Waals surface area contributed by atoms with Crippen molar-refractivity contribution in [3.63, 3.8) is 0 Å². The van der Waals surface area contributed by atoms with Crippen LogP contribution in [-0.4, -0.2) is 19.3 Å². The van der Waals surface area contributed by atoms with Crippen LogP contribution in [-0.2, 0) is 33.9 Å². The molecule has 262 valence electrons. The van der Waals surface area contributed by atoms with Gasteiger partial charge in [-0.05, 0) is 102 Å². The van der Waals surface area contributed by atoms with Crippen molar-refractivity contribution in [3.05, 3.63) is 132 Å². The molecule has 51 heavy (non-hydrogen) atoms. The van der Waals surface area contributed by atoms with Gasteiger partial charge in [0.2, 0.25) is 0 Å². The largest absolute Gasteiger partial charge is 2.00 e. The summed E-state index contributed by atoms with van der Waals surface area (Å²) in [6.45, 7) is 13.7. The molecule has 7 aromatic rings. The van der Waals surface area contributed by atoms with Gasteiger partial charge in [0.1, 0.15) is 11.6 Å². The molecular weight excluding hydrogens is 815 g/mol. The van der Waals surface area contributed by atoms with Crippen molar-refractivity contribution in [2.75, 3.05) is 0 Å². The third-order valence-electron chi connectivity index (χ3n) is 9.52. The maximum Gasteiger partial charge on any atom is 2.00 e. The van der Waals surface area contributed by atoms with Gasteiger partial charge in [0, 0.05) is 41.0 Å². The Morgan fingerprint density at radius 3 is 2.20 bits per heavy atom. The molecule has 0 N–H and O–H groups in total. The smallest absolute Gasteiger partial charge is 0.509 e. The van der Waals surface area contributed by atoms with Crippen LogP contribution in [0.15, 0.2) is 91.4 Å². The Kier molecular flexibility index (Phi) is 10.9. The molecule has 7 rings (SSSR count). The Hall–Kier alpha value is -4.54. The quantitative estimate of drug-likeness (QED) is 0.122. The van der Waals surface area contributed by atoms with Crippen molar-refractivity contribution in [1.82, 2.24) is 19.3 Å². The Morgan fingerprint density at radius 2 is 1.49 bits per heavy atom. The second kappa shape index (κ2) is 15.4. The minimum atomic E-state index is -0.349. The number of fused-ring (bicyclic) bond motifs is 3. The standard InChI is InChI=1S/C44H43FN4O.Pt/c1-28(2)14-17-37-30(5)22-31(6)38(18-15-29(3)4)44(37)32-26-47-48(27-32)34-10-9-11-35(24-34)50-36-16-19-40-39-12-7-8-13-41(39)49(42(40)25-36)43-23-33(45)20-21-46-43;/h7-13,16,19-23,26-29H,14-15,17-18H2,1-6H3;/q-2;+2. The molecular formula is C44H43FN4OPt. The third-order valence-corrected chi connectivity index (χ3v) is 9.52. The first-order chi connectivity index (χ1) is 24.2. The van der Waals surface area contributed by atoms with E-state index >= 15 is 0 Å². The summed E-state index contributed by atoms with van der Waals surface area (Å²) in [7, 11) is 0. The second-order valence-electron chi connectivity index (χ2n) is 14.2. The Morgan fingerprint density at radius 1 is 0.784 bits per heavy atom. The van der Waals surface area contributed by atoms with E-state index in [0.717, 1.165) is 58.7 Å². The molecule has 0 saturated heterocycles. The number of aryl methyl sites for hydroxylation is 2. The molecule has 4 aromatic carbocycles. The Bertz CT molecular complexity index is 2280. The number of pyridine rings is 1. The van der Waals surface area contributed by atoms with Crippen molar-refractivity contribution >= 4 is 21.8 Å². The van der Waals surface area contributed by atoms with Gasteiger partial charge in [-0.2, -0.15) is 17.2 Å². The number of hydrogen-bond donors (Lipinski definition) is 0.